The first-order valence-electron chi connectivity index (χ1n) is 6.79. The summed E-state index contributed by atoms with van der Waals surface area (Å²) < 4.78 is -0.0812. The van der Waals surface area contributed by atoms with Gasteiger partial charge in [0.1, 0.15) is 0 Å². The Labute approximate surface area is 123 Å². The standard InChI is InChI=1S/C15H20N2O2S/c1-4-15(5-2,20-3)9-17-13(18)10-7-6-8-11(16)12(10)14(17)19/h6-8H,4-5,9,16H2,1-3H3. The summed E-state index contributed by atoms with van der Waals surface area (Å²) >= 11 is 1.71. The maximum Gasteiger partial charge on any atom is 0.263 e. The average Bonchev–Trinajstić information content (AvgIpc) is 2.70. The highest BCUT2D eigenvalue weighted by Crippen LogP contribution is 2.35. The van der Waals surface area contributed by atoms with Gasteiger partial charge in [-0.1, -0.05) is 19.9 Å². The molecule has 0 unspecified atom stereocenters. The van der Waals surface area contributed by atoms with E-state index in [2.05, 4.69) is 13.8 Å². The number of thioether (sulfide) groups is 1. The molecule has 2 N–H and O–H groups in total. The van der Waals surface area contributed by atoms with Gasteiger partial charge in [0.2, 0.25) is 0 Å². The number of nitrogens with zero attached hydrogens (tertiary/aromatic N) is 1. The predicted molar refractivity (Wildman–Crippen MR) is 83.0 cm³/mol. The van der Waals surface area contributed by atoms with Crippen LogP contribution in [0.15, 0.2) is 18.2 Å². The zero-order valence-electron chi connectivity index (χ0n) is 12.1. The average molecular weight is 292 g/mol. The van der Waals surface area contributed by atoms with Crippen molar-refractivity contribution in [3.63, 3.8) is 0 Å². The lowest BCUT2D eigenvalue weighted by molar-refractivity contribution is 0.0636. The van der Waals surface area contributed by atoms with Crippen LogP contribution in [-0.4, -0.2) is 34.3 Å². The van der Waals surface area contributed by atoms with Gasteiger partial charge in [-0.15, -0.1) is 0 Å². The molecule has 1 aliphatic heterocycles. The normalized spacial score (nSPS) is 14.8. The summed E-state index contributed by atoms with van der Waals surface area (Å²) in [4.78, 5) is 26.2. The molecule has 0 saturated heterocycles. The van der Waals surface area contributed by atoms with E-state index in [0.29, 0.717) is 23.4 Å². The zero-order valence-corrected chi connectivity index (χ0v) is 12.9. The van der Waals surface area contributed by atoms with Gasteiger partial charge >= 0.3 is 0 Å². The molecule has 2 rings (SSSR count). The van der Waals surface area contributed by atoms with Crippen LogP contribution in [0.25, 0.3) is 0 Å². The topological polar surface area (TPSA) is 63.4 Å². The Hall–Kier alpha value is -1.49. The molecule has 0 fully saturated rings. The maximum atomic E-state index is 12.5. The third-order valence-electron chi connectivity index (χ3n) is 4.20. The Bertz CT molecular complexity index is 545. The first-order valence-corrected chi connectivity index (χ1v) is 8.02. The molecule has 0 saturated carbocycles. The fraction of sp³-hybridized carbons (Fsp3) is 0.467. The first-order chi connectivity index (χ1) is 9.49. The van der Waals surface area contributed by atoms with Crippen LogP contribution < -0.4 is 5.73 Å². The zero-order chi connectivity index (χ0) is 14.9. The number of carbonyl (C=O) groups excluding carboxylic acids is 2. The number of amides is 2. The minimum Gasteiger partial charge on any atom is -0.398 e. The van der Waals surface area contributed by atoms with E-state index >= 15 is 0 Å². The van der Waals surface area contributed by atoms with Crippen LogP contribution in [-0.2, 0) is 0 Å². The molecule has 1 heterocycles. The third-order valence-corrected chi connectivity index (χ3v) is 5.77. The molecule has 4 nitrogen and oxygen atoms in total. The third kappa shape index (κ3) is 2.20. The molecule has 1 aliphatic rings. The molecule has 2 amide bonds. The fourth-order valence-electron chi connectivity index (χ4n) is 2.62. The van der Waals surface area contributed by atoms with Crippen molar-refractivity contribution in [2.24, 2.45) is 0 Å². The van der Waals surface area contributed by atoms with Gasteiger partial charge in [0, 0.05) is 17.0 Å². The fourth-order valence-corrected chi connectivity index (χ4v) is 3.45. The monoisotopic (exact) mass is 292 g/mol. The number of hydrogen-bond acceptors (Lipinski definition) is 4. The van der Waals surface area contributed by atoms with Gasteiger partial charge in [-0.2, -0.15) is 11.8 Å². The quantitative estimate of drug-likeness (QED) is 0.669. The van der Waals surface area contributed by atoms with Crippen LogP contribution in [0.2, 0.25) is 0 Å². The molecule has 0 bridgehead atoms. The minimum atomic E-state index is -0.261. The summed E-state index contributed by atoms with van der Waals surface area (Å²) in [6, 6.07) is 5.05. The Morgan fingerprint density at radius 2 is 1.85 bits per heavy atom. The van der Waals surface area contributed by atoms with Crippen molar-refractivity contribution in [2.45, 2.75) is 31.4 Å². The van der Waals surface area contributed by atoms with Gasteiger partial charge < -0.3 is 5.73 Å². The number of carbonyl (C=O) groups is 2. The number of benzene rings is 1. The van der Waals surface area contributed by atoms with Crippen molar-refractivity contribution in [1.82, 2.24) is 4.90 Å². The molecule has 0 spiro atoms. The Balaban J connectivity index is 2.36. The Morgan fingerprint density at radius 1 is 1.20 bits per heavy atom. The summed E-state index contributed by atoms with van der Waals surface area (Å²) in [5.74, 6) is -0.485. The van der Waals surface area contributed by atoms with Gasteiger partial charge in [-0.3, -0.25) is 14.5 Å². The van der Waals surface area contributed by atoms with Crippen LogP contribution >= 0.6 is 11.8 Å². The van der Waals surface area contributed by atoms with Gasteiger partial charge in [-0.05, 0) is 31.2 Å². The van der Waals surface area contributed by atoms with Crippen molar-refractivity contribution in [1.29, 1.82) is 0 Å². The van der Waals surface area contributed by atoms with Crippen molar-refractivity contribution < 1.29 is 9.59 Å². The Morgan fingerprint density at radius 3 is 2.35 bits per heavy atom. The molecule has 1 aromatic carbocycles. The molecule has 0 aromatic heterocycles. The van der Waals surface area contributed by atoms with E-state index in [4.69, 9.17) is 5.73 Å². The lowest BCUT2D eigenvalue weighted by Crippen LogP contribution is -2.43. The molecular formula is C15H20N2O2S. The number of rotatable bonds is 5. The lowest BCUT2D eigenvalue weighted by atomic mass is 10.0. The van der Waals surface area contributed by atoms with Crippen LogP contribution in [0.4, 0.5) is 5.69 Å². The van der Waals surface area contributed by atoms with Crippen molar-refractivity contribution >= 4 is 29.3 Å². The highest BCUT2D eigenvalue weighted by molar-refractivity contribution is 8.00. The van der Waals surface area contributed by atoms with Crippen LogP contribution in [0.5, 0.6) is 0 Å². The number of nitrogens with two attached hydrogens (primary N) is 1. The lowest BCUT2D eigenvalue weighted by Gasteiger charge is -2.33. The molecule has 0 atom stereocenters. The van der Waals surface area contributed by atoms with E-state index in [-0.39, 0.29) is 16.6 Å². The van der Waals surface area contributed by atoms with Gasteiger partial charge in [0.25, 0.3) is 11.8 Å². The predicted octanol–water partition coefficient (Wildman–Crippen LogP) is 2.79. The van der Waals surface area contributed by atoms with Gasteiger partial charge in [0.05, 0.1) is 11.1 Å². The SMILES string of the molecule is CCC(CC)(CN1C(=O)c2cccc(N)c2C1=O)SC. The summed E-state index contributed by atoms with van der Waals surface area (Å²) in [7, 11) is 0. The van der Waals surface area contributed by atoms with Crippen LogP contribution in [0, 0.1) is 0 Å². The maximum absolute atomic E-state index is 12.5. The van der Waals surface area contributed by atoms with Crippen molar-refractivity contribution in [2.75, 3.05) is 18.5 Å². The molecule has 1 aromatic rings. The van der Waals surface area contributed by atoms with E-state index in [9.17, 15) is 9.59 Å². The summed E-state index contributed by atoms with van der Waals surface area (Å²) in [5.41, 5.74) is 7.01. The molecule has 0 radical (unpaired) electrons. The van der Waals surface area contributed by atoms with E-state index in [1.807, 2.05) is 6.26 Å². The second kappa shape index (κ2) is 5.48. The van der Waals surface area contributed by atoms with Crippen molar-refractivity contribution in [3.05, 3.63) is 29.3 Å². The Kier molecular flexibility index (Phi) is 4.09. The molecule has 108 valence electrons. The minimum absolute atomic E-state index is 0.0812. The summed E-state index contributed by atoms with van der Waals surface area (Å²) in [6.07, 6.45) is 3.85. The molecule has 20 heavy (non-hydrogen) atoms. The second-order valence-corrected chi connectivity index (χ2v) is 6.33. The second-order valence-electron chi connectivity index (χ2n) is 5.06. The molecule has 5 heteroatoms. The molecule has 0 aliphatic carbocycles. The highest BCUT2D eigenvalue weighted by atomic mass is 32.2. The smallest absolute Gasteiger partial charge is 0.263 e. The highest BCUT2D eigenvalue weighted by Gasteiger charge is 2.41. The first kappa shape index (κ1) is 14.9. The number of imide groups is 1. The number of anilines is 1. The molecular weight excluding hydrogens is 272 g/mol. The summed E-state index contributed by atoms with van der Waals surface area (Å²) in [5, 5.41) is 0. The number of nitrogen functional groups attached to an aromatic ring is 1. The van der Waals surface area contributed by atoms with Crippen LogP contribution in [0.1, 0.15) is 47.4 Å². The van der Waals surface area contributed by atoms with E-state index in [1.54, 1.807) is 30.0 Å². The van der Waals surface area contributed by atoms with E-state index in [0.717, 1.165) is 12.8 Å². The van der Waals surface area contributed by atoms with E-state index < -0.39 is 0 Å². The van der Waals surface area contributed by atoms with Gasteiger partial charge in [-0.25, -0.2) is 0 Å². The number of fused-ring (bicyclic) bond motifs is 1. The van der Waals surface area contributed by atoms with Crippen molar-refractivity contribution in [3.8, 4) is 0 Å². The van der Waals surface area contributed by atoms with E-state index in [1.165, 1.54) is 4.90 Å². The van der Waals surface area contributed by atoms with Gasteiger partial charge in [0.15, 0.2) is 0 Å². The van der Waals surface area contributed by atoms with Crippen LogP contribution in [0.3, 0.4) is 0 Å². The largest absolute Gasteiger partial charge is 0.398 e. The summed E-state index contributed by atoms with van der Waals surface area (Å²) in [6.45, 7) is 4.62. The number of hydrogen-bond donors (Lipinski definition) is 1.